The first kappa shape index (κ1) is 8.87. The highest BCUT2D eigenvalue weighted by Crippen LogP contribution is 2.21. The fourth-order valence-corrected chi connectivity index (χ4v) is 1.45. The summed E-state index contributed by atoms with van der Waals surface area (Å²) in [4.78, 5) is 6.29. The Bertz CT molecular complexity index is 387. The predicted octanol–water partition coefficient (Wildman–Crippen LogP) is 0.793. The van der Waals surface area contributed by atoms with Crippen LogP contribution in [0.15, 0.2) is 18.0 Å². The number of pyridine rings is 1. The molecule has 1 aliphatic rings. The zero-order valence-corrected chi connectivity index (χ0v) is 8.32. The molecule has 4 heteroatoms. The van der Waals surface area contributed by atoms with Crippen molar-refractivity contribution in [1.82, 2.24) is 9.88 Å². The van der Waals surface area contributed by atoms with Crippen LogP contribution in [0.3, 0.4) is 0 Å². The van der Waals surface area contributed by atoms with Gasteiger partial charge in [-0.1, -0.05) is 0 Å². The van der Waals surface area contributed by atoms with Crippen molar-refractivity contribution in [3.05, 3.63) is 29.2 Å². The lowest BCUT2D eigenvalue weighted by Crippen LogP contribution is -2.26. The molecule has 2 rings (SSSR count). The van der Waals surface area contributed by atoms with Crippen molar-refractivity contribution in [2.24, 2.45) is 5.73 Å². The molecule has 2 N–H and O–H groups in total. The van der Waals surface area contributed by atoms with E-state index < -0.39 is 0 Å². The number of methoxy groups -OCH3 is 1. The first-order valence-electron chi connectivity index (χ1n) is 4.43. The third kappa shape index (κ3) is 1.39. The van der Waals surface area contributed by atoms with E-state index in [4.69, 9.17) is 10.5 Å². The number of hydrogen-bond acceptors (Lipinski definition) is 4. The molecule has 0 saturated heterocycles. The van der Waals surface area contributed by atoms with Crippen LogP contribution in [0.1, 0.15) is 11.3 Å². The summed E-state index contributed by atoms with van der Waals surface area (Å²) in [6.07, 6.45) is 1.86. The second-order valence-electron chi connectivity index (χ2n) is 3.32. The van der Waals surface area contributed by atoms with E-state index in [1.165, 1.54) is 5.56 Å². The summed E-state index contributed by atoms with van der Waals surface area (Å²) >= 11 is 0. The number of hydrogen-bond donors (Lipinski definition) is 1. The molecular weight excluding hydrogens is 178 g/mol. The van der Waals surface area contributed by atoms with E-state index in [1.807, 2.05) is 30.2 Å². The van der Waals surface area contributed by atoms with E-state index in [0.29, 0.717) is 5.88 Å². The highest BCUT2D eigenvalue weighted by Gasteiger charge is 2.13. The molecule has 0 atom stereocenters. The van der Waals surface area contributed by atoms with Gasteiger partial charge in [0.15, 0.2) is 0 Å². The van der Waals surface area contributed by atoms with Crippen molar-refractivity contribution in [3.63, 3.8) is 0 Å². The molecule has 14 heavy (non-hydrogen) atoms. The van der Waals surface area contributed by atoms with Gasteiger partial charge in [-0.2, -0.15) is 0 Å². The quantitative estimate of drug-likeness (QED) is 0.713. The van der Waals surface area contributed by atoms with Crippen LogP contribution in [0, 0.1) is 0 Å². The molecule has 0 saturated carbocycles. The largest absolute Gasteiger partial charge is 0.481 e. The van der Waals surface area contributed by atoms with Crippen LogP contribution in [0.2, 0.25) is 0 Å². The molecule has 2 heterocycles. The van der Waals surface area contributed by atoms with Gasteiger partial charge in [0, 0.05) is 25.7 Å². The van der Waals surface area contributed by atoms with Gasteiger partial charge in [0.05, 0.1) is 12.8 Å². The first-order chi connectivity index (χ1) is 6.70. The number of rotatable bonds is 1. The number of nitrogens with zero attached hydrogens (tertiary/aromatic N) is 2. The van der Waals surface area contributed by atoms with Crippen molar-refractivity contribution in [2.75, 3.05) is 14.2 Å². The van der Waals surface area contributed by atoms with Crippen LogP contribution in [-0.2, 0) is 6.54 Å². The Kier molecular flexibility index (Phi) is 2.04. The maximum Gasteiger partial charge on any atom is 0.213 e. The van der Waals surface area contributed by atoms with Gasteiger partial charge in [0.2, 0.25) is 5.88 Å². The molecule has 0 bridgehead atoms. The number of nitrogens with two attached hydrogens (primary N) is 1. The predicted molar refractivity (Wildman–Crippen MR) is 54.4 cm³/mol. The van der Waals surface area contributed by atoms with Gasteiger partial charge in [0.25, 0.3) is 0 Å². The zero-order chi connectivity index (χ0) is 10.1. The Morgan fingerprint density at radius 3 is 3.00 bits per heavy atom. The van der Waals surface area contributed by atoms with Gasteiger partial charge in [-0.15, -0.1) is 0 Å². The fourth-order valence-electron chi connectivity index (χ4n) is 1.45. The van der Waals surface area contributed by atoms with Crippen molar-refractivity contribution in [3.8, 4) is 5.88 Å². The van der Waals surface area contributed by atoms with Crippen LogP contribution in [0.25, 0.3) is 6.08 Å². The fraction of sp³-hybridized carbons (Fsp3) is 0.300. The smallest absolute Gasteiger partial charge is 0.213 e. The lowest BCUT2D eigenvalue weighted by atomic mass is 10.1. The lowest BCUT2D eigenvalue weighted by molar-refractivity contribution is 0.387. The second kappa shape index (κ2) is 3.21. The average molecular weight is 191 g/mol. The Morgan fingerprint density at radius 2 is 2.29 bits per heavy atom. The summed E-state index contributed by atoms with van der Waals surface area (Å²) in [6, 6.07) is 3.88. The molecular formula is C10H13N3O. The topological polar surface area (TPSA) is 51.4 Å². The molecule has 0 spiro atoms. The third-order valence-corrected chi connectivity index (χ3v) is 2.33. The molecule has 4 nitrogen and oxygen atoms in total. The molecule has 1 aliphatic heterocycles. The van der Waals surface area contributed by atoms with E-state index in [1.54, 1.807) is 7.11 Å². The molecule has 0 fully saturated rings. The van der Waals surface area contributed by atoms with Gasteiger partial charge in [0.1, 0.15) is 5.82 Å². The molecule has 0 radical (unpaired) electrons. The minimum Gasteiger partial charge on any atom is -0.481 e. The summed E-state index contributed by atoms with van der Waals surface area (Å²) < 4.78 is 5.05. The van der Waals surface area contributed by atoms with Gasteiger partial charge in [-0.3, -0.25) is 0 Å². The monoisotopic (exact) mass is 191 g/mol. The minimum absolute atomic E-state index is 0.623. The molecule has 1 aromatic rings. The van der Waals surface area contributed by atoms with Crippen LogP contribution in [-0.4, -0.2) is 24.0 Å². The SMILES string of the molecule is COc1ccc2c(n1)C=C(N)N(C)C2. The molecule has 1 aromatic heterocycles. The first-order valence-corrected chi connectivity index (χ1v) is 4.43. The summed E-state index contributed by atoms with van der Waals surface area (Å²) in [6.45, 7) is 0.800. The van der Waals surface area contributed by atoms with Crippen LogP contribution in [0.5, 0.6) is 5.88 Å². The molecule has 74 valence electrons. The van der Waals surface area contributed by atoms with E-state index >= 15 is 0 Å². The van der Waals surface area contributed by atoms with Crippen LogP contribution < -0.4 is 10.5 Å². The van der Waals surface area contributed by atoms with Crippen molar-refractivity contribution < 1.29 is 4.74 Å². The van der Waals surface area contributed by atoms with E-state index in [0.717, 1.165) is 18.1 Å². The Morgan fingerprint density at radius 1 is 1.50 bits per heavy atom. The molecule has 0 aromatic carbocycles. The molecule has 0 unspecified atom stereocenters. The van der Waals surface area contributed by atoms with E-state index in [9.17, 15) is 0 Å². The lowest BCUT2D eigenvalue weighted by Gasteiger charge is -2.24. The van der Waals surface area contributed by atoms with Crippen LogP contribution in [0.4, 0.5) is 0 Å². The van der Waals surface area contributed by atoms with Crippen molar-refractivity contribution in [2.45, 2.75) is 6.54 Å². The normalized spacial score (nSPS) is 14.7. The van der Waals surface area contributed by atoms with Gasteiger partial charge >= 0.3 is 0 Å². The number of aromatic nitrogens is 1. The number of fused-ring (bicyclic) bond motifs is 1. The summed E-state index contributed by atoms with van der Waals surface area (Å²) in [5, 5.41) is 0. The zero-order valence-electron chi connectivity index (χ0n) is 8.32. The third-order valence-electron chi connectivity index (χ3n) is 2.33. The maximum atomic E-state index is 5.79. The van der Waals surface area contributed by atoms with Gasteiger partial charge in [-0.25, -0.2) is 4.98 Å². The molecule has 0 amide bonds. The minimum atomic E-state index is 0.623. The van der Waals surface area contributed by atoms with E-state index in [-0.39, 0.29) is 0 Å². The van der Waals surface area contributed by atoms with Crippen molar-refractivity contribution in [1.29, 1.82) is 0 Å². The highest BCUT2D eigenvalue weighted by molar-refractivity contribution is 5.55. The van der Waals surface area contributed by atoms with Gasteiger partial charge < -0.3 is 15.4 Å². The number of ether oxygens (including phenoxy) is 1. The van der Waals surface area contributed by atoms with Crippen LogP contribution >= 0.6 is 0 Å². The average Bonchev–Trinajstić information content (AvgIpc) is 2.19. The summed E-state index contributed by atoms with van der Waals surface area (Å²) in [7, 11) is 3.57. The van der Waals surface area contributed by atoms with E-state index in [2.05, 4.69) is 4.98 Å². The Hall–Kier alpha value is -1.71. The summed E-state index contributed by atoms with van der Waals surface area (Å²) in [5.41, 5.74) is 7.86. The summed E-state index contributed by atoms with van der Waals surface area (Å²) in [5.74, 6) is 1.36. The second-order valence-corrected chi connectivity index (χ2v) is 3.32. The van der Waals surface area contributed by atoms with Gasteiger partial charge in [-0.05, 0) is 11.6 Å². The Balaban J connectivity index is 2.45. The standard InChI is InChI=1S/C10H13N3O/c1-13-6-7-3-4-10(14-2)12-8(7)5-9(13)11/h3-5H,6,11H2,1-2H3. The molecule has 0 aliphatic carbocycles. The maximum absolute atomic E-state index is 5.79. The Labute approximate surface area is 83.0 Å². The van der Waals surface area contributed by atoms with Crippen molar-refractivity contribution >= 4 is 6.08 Å². The highest BCUT2D eigenvalue weighted by atomic mass is 16.5.